The molecule has 0 unspecified atom stereocenters. The standard InChI is InChI=1S/C14H21Cl2N3/c15-11-9-13(16)14(18-10-11)19(8-4-7-17)12-5-2-1-3-6-12/h9-10,12H,1-8,17H2. The Bertz CT molecular complexity index is 406. The van der Waals surface area contributed by atoms with Gasteiger partial charge in [-0.1, -0.05) is 42.5 Å². The van der Waals surface area contributed by atoms with Gasteiger partial charge in [0.1, 0.15) is 5.82 Å². The average Bonchev–Trinajstić information content (AvgIpc) is 2.42. The van der Waals surface area contributed by atoms with E-state index < -0.39 is 0 Å². The maximum Gasteiger partial charge on any atom is 0.147 e. The van der Waals surface area contributed by atoms with Gasteiger partial charge in [-0.05, 0) is 31.9 Å². The molecule has 2 rings (SSSR count). The van der Waals surface area contributed by atoms with Crippen molar-refractivity contribution in [2.24, 2.45) is 5.73 Å². The van der Waals surface area contributed by atoms with E-state index in [2.05, 4.69) is 9.88 Å². The lowest BCUT2D eigenvalue weighted by Gasteiger charge is -2.35. The van der Waals surface area contributed by atoms with E-state index in [-0.39, 0.29) is 0 Å². The summed E-state index contributed by atoms with van der Waals surface area (Å²) in [4.78, 5) is 6.75. The van der Waals surface area contributed by atoms with E-state index in [9.17, 15) is 0 Å². The van der Waals surface area contributed by atoms with Gasteiger partial charge in [-0.2, -0.15) is 0 Å². The fourth-order valence-electron chi connectivity index (χ4n) is 2.73. The summed E-state index contributed by atoms with van der Waals surface area (Å²) in [6, 6.07) is 2.30. The van der Waals surface area contributed by atoms with Crippen molar-refractivity contribution in [2.75, 3.05) is 18.0 Å². The van der Waals surface area contributed by atoms with E-state index >= 15 is 0 Å². The minimum absolute atomic E-state index is 0.534. The Morgan fingerprint density at radius 1 is 1.26 bits per heavy atom. The Kier molecular flexibility index (Phi) is 5.74. The molecule has 5 heteroatoms. The van der Waals surface area contributed by atoms with Gasteiger partial charge in [-0.25, -0.2) is 4.98 Å². The molecule has 0 bridgehead atoms. The first-order chi connectivity index (χ1) is 9.22. The SMILES string of the molecule is NCCCN(c1ncc(Cl)cc1Cl)C1CCCCC1. The lowest BCUT2D eigenvalue weighted by molar-refractivity contribution is 0.411. The van der Waals surface area contributed by atoms with Crippen molar-refractivity contribution >= 4 is 29.0 Å². The zero-order valence-corrected chi connectivity index (χ0v) is 12.6. The topological polar surface area (TPSA) is 42.1 Å². The van der Waals surface area contributed by atoms with Crippen molar-refractivity contribution < 1.29 is 0 Å². The summed E-state index contributed by atoms with van der Waals surface area (Å²) in [5.74, 6) is 0.853. The van der Waals surface area contributed by atoms with Crippen LogP contribution < -0.4 is 10.6 Å². The van der Waals surface area contributed by atoms with Crippen LogP contribution in [0.4, 0.5) is 5.82 Å². The van der Waals surface area contributed by atoms with Crippen LogP contribution in [-0.4, -0.2) is 24.1 Å². The molecule has 0 amide bonds. The predicted octanol–water partition coefficient (Wildman–Crippen LogP) is 3.88. The smallest absolute Gasteiger partial charge is 0.147 e. The van der Waals surface area contributed by atoms with Crippen molar-refractivity contribution in [3.05, 3.63) is 22.3 Å². The third-order valence-corrected chi connectivity index (χ3v) is 4.16. The minimum Gasteiger partial charge on any atom is -0.352 e. The van der Waals surface area contributed by atoms with E-state index in [1.54, 1.807) is 12.3 Å². The predicted molar refractivity (Wildman–Crippen MR) is 82.1 cm³/mol. The molecule has 0 atom stereocenters. The molecule has 1 saturated carbocycles. The number of anilines is 1. The third-order valence-electron chi connectivity index (χ3n) is 3.68. The lowest BCUT2D eigenvalue weighted by atomic mass is 9.94. The lowest BCUT2D eigenvalue weighted by Crippen LogP contribution is -2.39. The van der Waals surface area contributed by atoms with Gasteiger partial charge in [0.2, 0.25) is 0 Å². The van der Waals surface area contributed by atoms with Crippen LogP contribution in [0, 0.1) is 0 Å². The monoisotopic (exact) mass is 301 g/mol. The number of rotatable bonds is 5. The molecule has 1 fully saturated rings. The van der Waals surface area contributed by atoms with Gasteiger partial charge in [0.15, 0.2) is 0 Å². The number of hydrogen-bond donors (Lipinski definition) is 1. The second-order valence-corrected chi connectivity index (χ2v) is 5.93. The minimum atomic E-state index is 0.534. The Hall–Kier alpha value is -0.510. The van der Waals surface area contributed by atoms with Crippen LogP contribution in [0.1, 0.15) is 38.5 Å². The normalized spacial score (nSPS) is 16.6. The van der Waals surface area contributed by atoms with Crippen LogP contribution in [0.3, 0.4) is 0 Å². The maximum absolute atomic E-state index is 6.30. The zero-order chi connectivity index (χ0) is 13.7. The van der Waals surface area contributed by atoms with Crippen LogP contribution in [0.25, 0.3) is 0 Å². The highest BCUT2D eigenvalue weighted by atomic mass is 35.5. The number of hydrogen-bond acceptors (Lipinski definition) is 3. The largest absolute Gasteiger partial charge is 0.352 e. The molecule has 1 heterocycles. The molecule has 1 aliphatic rings. The average molecular weight is 302 g/mol. The molecule has 1 aromatic rings. The molecule has 0 aliphatic heterocycles. The first-order valence-electron chi connectivity index (χ1n) is 7.00. The molecular formula is C14H21Cl2N3. The number of halogens is 2. The number of aromatic nitrogens is 1. The van der Waals surface area contributed by atoms with Gasteiger partial charge in [-0.3, -0.25) is 0 Å². The van der Waals surface area contributed by atoms with E-state index in [4.69, 9.17) is 28.9 Å². The fourth-order valence-corrected chi connectivity index (χ4v) is 3.22. The molecule has 0 saturated heterocycles. The van der Waals surface area contributed by atoms with Gasteiger partial charge in [0, 0.05) is 18.8 Å². The fraction of sp³-hybridized carbons (Fsp3) is 0.643. The molecular weight excluding hydrogens is 281 g/mol. The first-order valence-corrected chi connectivity index (χ1v) is 7.75. The highest BCUT2D eigenvalue weighted by molar-refractivity contribution is 6.36. The first kappa shape index (κ1) is 14.9. The van der Waals surface area contributed by atoms with Crippen molar-refractivity contribution in [1.29, 1.82) is 0 Å². The summed E-state index contributed by atoms with van der Waals surface area (Å²) in [7, 11) is 0. The molecule has 1 aliphatic carbocycles. The summed E-state index contributed by atoms with van der Waals surface area (Å²) in [6.45, 7) is 1.60. The van der Waals surface area contributed by atoms with E-state index in [1.807, 2.05) is 0 Å². The Morgan fingerprint density at radius 3 is 2.63 bits per heavy atom. The van der Waals surface area contributed by atoms with Gasteiger partial charge >= 0.3 is 0 Å². The molecule has 0 radical (unpaired) electrons. The second-order valence-electron chi connectivity index (χ2n) is 5.09. The van der Waals surface area contributed by atoms with Gasteiger partial charge in [-0.15, -0.1) is 0 Å². The summed E-state index contributed by atoms with van der Waals surface area (Å²) >= 11 is 12.2. The quantitative estimate of drug-likeness (QED) is 0.897. The number of nitrogens with two attached hydrogens (primary N) is 1. The van der Waals surface area contributed by atoms with E-state index in [0.717, 1.165) is 18.8 Å². The second kappa shape index (κ2) is 7.32. The van der Waals surface area contributed by atoms with Crippen molar-refractivity contribution in [1.82, 2.24) is 4.98 Å². The van der Waals surface area contributed by atoms with E-state index in [1.165, 1.54) is 32.1 Å². The summed E-state index contributed by atoms with van der Waals surface area (Å²) in [6.07, 6.45) is 8.96. The van der Waals surface area contributed by atoms with Crippen LogP contribution >= 0.6 is 23.2 Å². The Morgan fingerprint density at radius 2 is 2.00 bits per heavy atom. The van der Waals surface area contributed by atoms with Crippen molar-refractivity contribution in [3.8, 4) is 0 Å². The molecule has 1 aromatic heterocycles. The molecule has 106 valence electrons. The highest BCUT2D eigenvalue weighted by Crippen LogP contribution is 2.32. The molecule has 0 spiro atoms. The van der Waals surface area contributed by atoms with Gasteiger partial charge in [0.25, 0.3) is 0 Å². The summed E-state index contributed by atoms with van der Waals surface area (Å²) < 4.78 is 0. The number of pyridine rings is 1. The molecule has 2 N–H and O–H groups in total. The van der Waals surface area contributed by atoms with Crippen molar-refractivity contribution in [3.63, 3.8) is 0 Å². The highest BCUT2D eigenvalue weighted by Gasteiger charge is 2.23. The van der Waals surface area contributed by atoms with Crippen molar-refractivity contribution in [2.45, 2.75) is 44.6 Å². The number of nitrogens with zero attached hydrogens (tertiary/aromatic N) is 2. The van der Waals surface area contributed by atoms with Crippen LogP contribution in [0.15, 0.2) is 12.3 Å². The summed E-state index contributed by atoms with van der Waals surface area (Å²) in [5, 5.41) is 1.21. The molecule has 0 aromatic carbocycles. The molecule has 3 nitrogen and oxygen atoms in total. The van der Waals surface area contributed by atoms with Gasteiger partial charge < -0.3 is 10.6 Å². The third kappa shape index (κ3) is 3.98. The van der Waals surface area contributed by atoms with Gasteiger partial charge in [0.05, 0.1) is 10.0 Å². The van der Waals surface area contributed by atoms with E-state index in [0.29, 0.717) is 22.6 Å². The van der Waals surface area contributed by atoms with Crippen LogP contribution in [-0.2, 0) is 0 Å². The van der Waals surface area contributed by atoms with Crippen LogP contribution in [0.2, 0.25) is 10.0 Å². The zero-order valence-electron chi connectivity index (χ0n) is 11.1. The molecule has 19 heavy (non-hydrogen) atoms. The summed E-state index contributed by atoms with van der Waals surface area (Å²) in [5.41, 5.74) is 5.65. The maximum atomic E-state index is 6.30. The van der Waals surface area contributed by atoms with Crippen LogP contribution in [0.5, 0.6) is 0 Å². The Balaban J connectivity index is 2.19. The Labute approximate surface area is 125 Å².